The molecule has 4 nitrogen and oxygen atoms in total. The number of hydrogen-bond donors (Lipinski definition) is 1. The summed E-state index contributed by atoms with van der Waals surface area (Å²) in [6.07, 6.45) is 0.210. The SMILES string of the molecule is C[C@H](O[Si](C)(C)C(C)(C)C)[C@H](CC(=O)OC(C)(C)C)NCc1ccccc1. The van der Waals surface area contributed by atoms with Gasteiger partial charge in [-0.1, -0.05) is 51.1 Å². The normalized spacial score (nSPS) is 15.3. The third-order valence-corrected chi connectivity index (χ3v) is 9.64. The van der Waals surface area contributed by atoms with E-state index < -0.39 is 13.9 Å². The van der Waals surface area contributed by atoms with Crippen LogP contribution in [0.15, 0.2) is 30.3 Å². The predicted molar refractivity (Wildman–Crippen MR) is 115 cm³/mol. The lowest BCUT2D eigenvalue weighted by Crippen LogP contribution is -2.50. The summed E-state index contributed by atoms with van der Waals surface area (Å²) in [6.45, 7) is 19.6. The van der Waals surface area contributed by atoms with Crippen LogP contribution in [-0.4, -0.2) is 32.0 Å². The van der Waals surface area contributed by atoms with E-state index in [1.807, 2.05) is 39.0 Å². The maximum Gasteiger partial charge on any atom is 0.307 e. The summed E-state index contributed by atoms with van der Waals surface area (Å²) in [6, 6.07) is 10.1. The second kappa shape index (κ2) is 9.35. The molecule has 0 aliphatic rings. The number of esters is 1. The topological polar surface area (TPSA) is 47.6 Å². The van der Waals surface area contributed by atoms with Gasteiger partial charge in [-0.15, -0.1) is 0 Å². The minimum absolute atomic E-state index is 0.0814. The Hall–Kier alpha value is -1.17. The molecule has 1 N–H and O–H groups in total. The molecule has 0 spiro atoms. The summed E-state index contributed by atoms with van der Waals surface area (Å²) in [5.74, 6) is -0.196. The summed E-state index contributed by atoms with van der Waals surface area (Å²) in [7, 11) is -1.93. The Balaban J connectivity index is 2.86. The first-order valence-corrected chi connectivity index (χ1v) is 12.8. The van der Waals surface area contributed by atoms with Gasteiger partial charge in [0.25, 0.3) is 0 Å². The summed E-state index contributed by atoms with van der Waals surface area (Å²) in [5, 5.41) is 3.65. The van der Waals surface area contributed by atoms with E-state index in [2.05, 4.69) is 58.2 Å². The van der Waals surface area contributed by atoms with Crippen molar-refractivity contribution in [3.8, 4) is 0 Å². The van der Waals surface area contributed by atoms with Crippen molar-refractivity contribution in [2.45, 2.75) is 97.3 Å². The summed E-state index contributed by atoms with van der Waals surface area (Å²) in [4.78, 5) is 12.4. The molecule has 1 aromatic rings. The Bertz CT molecular complexity index is 588. The van der Waals surface area contributed by atoms with E-state index in [1.165, 1.54) is 5.56 Å². The third kappa shape index (κ3) is 8.58. The molecule has 0 unspecified atom stereocenters. The minimum Gasteiger partial charge on any atom is -0.460 e. The molecular formula is C22H39NO3Si. The van der Waals surface area contributed by atoms with Gasteiger partial charge in [-0.2, -0.15) is 0 Å². The summed E-state index contributed by atoms with van der Waals surface area (Å²) >= 11 is 0. The van der Waals surface area contributed by atoms with E-state index in [1.54, 1.807) is 0 Å². The first kappa shape index (κ1) is 23.9. The third-order valence-electron chi connectivity index (χ3n) is 5.07. The van der Waals surface area contributed by atoms with Crippen LogP contribution in [0.5, 0.6) is 0 Å². The lowest BCUT2D eigenvalue weighted by molar-refractivity contribution is -0.156. The van der Waals surface area contributed by atoms with E-state index in [-0.39, 0.29) is 23.2 Å². The van der Waals surface area contributed by atoms with Crippen molar-refractivity contribution in [1.82, 2.24) is 5.32 Å². The van der Waals surface area contributed by atoms with Crippen LogP contribution >= 0.6 is 0 Å². The highest BCUT2D eigenvalue weighted by Crippen LogP contribution is 2.37. The Kier molecular flexibility index (Phi) is 8.26. The summed E-state index contributed by atoms with van der Waals surface area (Å²) in [5.41, 5.74) is 0.705. The van der Waals surface area contributed by atoms with Crippen molar-refractivity contribution in [3.63, 3.8) is 0 Å². The molecule has 0 radical (unpaired) electrons. The van der Waals surface area contributed by atoms with Crippen LogP contribution in [0.4, 0.5) is 0 Å². The minimum atomic E-state index is -1.93. The molecular weight excluding hydrogens is 354 g/mol. The average Bonchev–Trinajstić information content (AvgIpc) is 2.49. The Morgan fingerprint density at radius 1 is 1.07 bits per heavy atom. The molecule has 0 fully saturated rings. The van der Waals surface area contributed by atoms with Crippen molar-refractivity contribution in [1.29, 1.82) is 0 Å². The van der Waals surface area contributed by atoms with E-state index in [0.29, 0.717) is 13.0 Å². The van der Waals surface area contributed by atoms with E-state index >= 15 is 0 Å². The highest BCUT2D eigenvalue weighted by atomic mass is 28.4. The van der Waals surface area contributed by atoms with Crippen LogP contribution in [0.3, 0.4) is 0 Å². The molecule has 0 amide bonds. The van der Waals surface area contributed by atoms with Gasteiger partial charge in [-0.3, -0.25) is 4.79 Å². The molecule has 0 bridgehead atoms. The zero-order chi connectivity index (χ0) is 20.9. The van der Waals surface area contributed by atoms with Gasteiger partial charge >= 0.3 is 5.97 Å². The van der Waals surface area contributed by atoms with Gasteiger partial charge in [0.1, 0.15) is 5.60 Å². The van der Waals surface area contributed by atoms with Crippen molar-refractivity contribution in [3.05, 3.63) is 35.9 Å². The Morgan fingerprint density at radius 2 is 1.63 bits per heavy atom. The van der Waals surface area contributed by atoms with Crippen LogP contribution in [-0.2, 0) is 20.5 Å². The van der Waals surface area contributed by atoms with Gasteiger partial charge in [0.05, 0.1) is 12.5 Å². The molecule has 1 aromatic carbocycles. The number of rotatable bonds is 8. The zero-order valence-electron chi connectivity index (χ0n) is 18.7. The molecule has 5 heteroatoms. The molecule has 0 aromatic heterocycles. The monoisotopic (exact) mass is 393 g/mol. The van der Waals surface area contributed by atoms with Gasteiger partial charge in [0.15, 0.2) is 8.32 Å². The van der Waals surface area contributed by atoms with Crippen LogP contribution in [0.25, 0.3) is 0 Å². The van der Waals surface area contributed by atoms with E-state index in [4.69, 9.17) is 9.16 Å². The van der Waals surface area contributed by atoms with Crippen molar-refractivity contribution >= 4 is 14.3 Å². The first-order chi connectivity index (χ1) is 12.2. The number of hydrogen-bond acceptors (Lipinski definition) is 4. The average molecular weight is 394 g/mol. The fourth-order valence-corrected chi connectivity index (χ4v) is 3.98. The van der Waals surface area contributed by atoms with Crippen LogP contribution in [0, 0.1) is 0 Å². The fraction of sp³-hybridized carbons (Fsp3) is 0.682. The number of benzene rings is 1. The maximum absolute atomic E-state index is 12.4. The molecule has 0 aliphatic carbocycles. The molecule has 2 atom stereocenters. The van der Waals surface area contributed by atoms with E-state index in [0.717, 1.165) is 0 Å². The largest absolute Gasteiger partial charge is 0.460 e. The molecule has 1 rings (SSSR count). The Morgan fingerprint density at radius 3 is 2.11 bits per heavy atom. The number of nitrogens with one attached hydrogen (secondary N) is 1. The molecule has 0 saturated heterocycles. The number of ether oxygens (including phenoxy) is 1. The van der Waals surface area contributed by atoms with Crippen LogP contribution in [0.1, 0.15) is 60.5 Å². The zero-order valence-corrected chi connectivity index (χ0v) is 19.7. The molecule has 0 saturated carbocycles. The standard InChI is InChI=1S/C22H39NO3Si/c1-17(26-27(8,9)22(5,6)7)19(15-20(24)25-21(2,3)4)23-16-18-13-11-10-12-14-18/h10-14,17,19,23H,15-16H2,1-9H3/t17-,19-/m0/s1. The highest BCUT2D eigenvalue weighted by molar-refractivity contribution is 6.74. The molecule has 154 valence electrons. The lowest BCUT2D eigenvalue weighted by atomic mass is 10.1. The quantitative estimate of drug-likeness (QED) is 0.482. The van der Waals surface area contributed by atoms with Crippen molar-refractivity contribution in [2.75, 3.05) is 0 Å². The predicted octanol–water partition coefficient (Wildman–Crippen LogP) is 5.29. The fourth-order valence-electron chi connectivity index (χ4n) is 2.54. The first-order valence-electron chi connectivity index (χ1n) is 9.88. The molecule has 0 heterocycles. The second-order valence-electron chi connectivity index (χ2n) is 9.85. The van der Waals surface area contributed by atoms with Gasteiger partial charge in [-0.05, 0) is 51.4 Å². The van der Waals surface area contributed by atoms with Crippen molar-refractivity contribution < 1.29 is 14.0 Å². The highest BCUT2D eigenvalue weighted by Gasteiger charge is 2.40. The van der Waals surface area contributed by atoms with Crippen molar-refractivity contribution in [2.24, 2.45) is 0 Å². The molecule has 27 heavy (non-hydrogen) atoms. The van der Waals surface area contributed by atoms with Crippen LogP contribution < -0.4 is 5.32 Å². The lowest BCUT2D eigenvalue weighted by Gasteiger charge is -2.40. The van der Waals surface area contributed by atoms with Gasteiger partial charge in [0.2, 0.25) is 0 Å². The van der Waals surface area contributed by atoms with Gasteiger partial charge in [0, 0.05) is 12.6 Å². The van der Waals surface area contributed by atoms with Gasteiger partial charge in [-0.25, -0.2) is 0 Å². The second-order valence-corrected chi connectivity index (χ2v) is 14.6. The number of carbonyl (C=O) groups is 1. The smallest absolute Gasteiger partial charge is 0.307 e. The summed E-state index contributed by atoms with van der Waals surface area (Å²) < 4.78 is 12.1. The Labute approximate surface area is 167 Å². The maximum atomic E-state index is 12.4. The van der Waals surface area contributed by atoms with Crippen LogP contribution in [0.2, 0.25) is 18.1 Å². The van der Waals surface area contributed by atoms with Gasteiger partial charge < -0.3 is 14.5 Å². The molecule has 0 aliphatic heterocycles. The van der Waals surface area contributed by atoms with E-state index in [9.17, 15) is 4.79 Å². The number of carbonyl (C=O) groups excluding carboxylic acids is 1.